The summed E-state index contributed by atoms with van der Waals surface area (Å²) in [6.45, 7) is 1.99. The summed E-state index contributed by atoms with van der Waals surface area (Å²) in [6.07, 6.45) is 2.46. The van der Waals surface area contributed by atoms with E-state index in [2.05, 4.69) is 10.3 Å². The lowest BCUT2D eigenvalue weighted by Crippen LogP contribution is -2.14. The van der Waals surface area contributed by atoms with Crippen molar-refractivity contribution in [2.75, 3.05) is 5.32 Å². The van der Waals surface area contributed by atoms with E-state index in [9.17, 15) is 9.18 Å². The van der Waals surface area contributed by atoms with E-state index in [0.29, 0.717) is 11.3 Å². The van der Waals surface area contributed by atoms with Gasteiger partial charge in [0.05, 0.1) is 0 Å². The molecular weight excluding hydrogens is 297 g/mol. The molecule has 1 aromatic carbocycles. The molecule has 2 aromatic heterocycles. The van der Waals surface area contributed by atoms with Crippen LogP contribution in [0.1, 0.15) is 23.0 Å². The standard InChI is InChI=1S/C17H14FN3O2/c1-10-8-11-9-12(5-6-13(11)23-10)19-17(22)15-16(18)21-7-3-2-4-14(21)20-15/h2-7,9-10H,8H2,1H3,(H,19,22). The Morgan fingerprint density at radius 1 is 1.39 bits per heavy atom. The van der Waals surface area contributed by atoms with Gasteiger partial charge in [-0.15, -0.1) is 0 Å². The van der Waals surface area contributed by atoms with Crippen LogP contribution in [0.2, 0.25) is 0 Å². The minimum Gasteiger partial charge on any atom is -0.490 e. The molecule has 0 radical (unpaired) electrons. The highest BCUT2D eigenvalue weighted by Gasteiger charge is 2.21. The fraction of sp³-hybridized carbons (Fsp3) is 0.176. The van der Waals surface area contributed by atoms with E-state index in [1.807, 2.05) is 19.1 Å². The van der Waals surface area contributed by atoms with Crippen LogP contribution in [-0.2, 0) is 6.42 Å². The molecule has 1 unspecified atom stereocenters. The van der Waals surface area contributed by atoms with Crippen LogP contribution in [0.25, 0.3) is 5.65 Å². The monoisotopic (exact) mass is 311 g/mol. The number of amides is 1. The van der Waals surface area contributed by atoms with Crippen LogP contribution in [0, 0.1) is 5.95 Å². The van der Waals surface area contributed by atoms with Crippen molar-refractivity contribution in [3.8, 4) is 5.75 Å². The molecule has 5 nitrogen and oxygen atoms in total. The number of fused-ring (bicyclic) bond motifs is 2. The number of rotatable bonds is 2. The maximum Gasteiger partial charge on any atom is 0.279 e. The number of hydrogen-bond acceptors (Lipinski definition) is 3. The maximum atomic E-state index is 14.3. The van der Waals surface area contributed by atoms with Gasteiger partial charge in [-0.05, 0) is 42.8 Å². The average Bonchev–Trinajstić information content (AvgIpc) is 3.07. The Hall–Kier alpha value is -2.89. The summed E-state index contributed by atoms with van der Waals surface area (Å²) in [5, 5.41) is 2.69. The summed E-state index contributed by atoms with van der Waals surface area (Å²) >= 11 is 0. The zero-order chi connectivity index (χ0) is 16.0. The number of carbonyl (C=O) groups is 1. The predicted molar refractivity (Wildman–Crippen MR) is 83.3 cm³/mol. The molecule has 3 aromatic rings. The number of aromatic nitrogens is 2. The van der Waals surface area contributed by atoms with E-state index in [1.165, 1.54) is 10.6 Å². The molecule has 4 rings (SSSR count). The second-order valence-corrected chi connectivity index (χ2v) is 5.59. The van der Waals surface area contributed by atoms with Gasteiger partial charge in [0.15, 0.2) is 5.69 Å². The Labute approximate surface area is 131 Å². The third-order valence-corrected chi connectivity index (χ3v) is 3.84. The SMILES string of the molecule is CC1Cc2cc(NC(=O)c3nc4ccccn4c3F)ccc2O1. The molecule has 23 heavy (non-hydrogen) atoms. The van der Waals surface area contributed by atoms with Crippen molar-refractivity contribution in [3.63, 3.8) is 0 Å². The van der Waals surface area contributed by atoms with Crippen molar-refractivity contribution in [1.29, 1.82) is 0 Å². The first kappa shape index (κ1) is 13.8. The van der Waals surface area contributed by atoms with Crippen LogP contribution >= 0.6 is 0 Å². The first-order valence-corrected chi connectivity index (χ1v) is 7.35. The number of imidazole rings is 1. The summed E-state index contributed by atoms with van der Waals surface area (Å²) in [6, 6.07) is 10.5. The Morgan fingerprint density at radius 2 is 2.26 bits per heavy atom. The van der Waals surface area contributed by atoms with Crippen molar-refractivity contribution >= 4 is 17.2 Å². The molecule has 0 bridgehead atoms. The van der Waals surface area contributed by atoms with Crippen molar-refractivity contribution in [3.05, 3.63) is 59.8 Å². The molecule has 0 fully saturated rings. The second kappa shape index (κ2) is 5.08. The van der Waals surface area contributed by atoms with Crippen molar-refractivity contribution in [2.24, 2.45) is 0 Å². The lowest BCUT2D eigenvalue weighted by molar-refractivity contribution is 0.101. The quantitative estimate of drug-likeness (QED) is 0.791. The molecule has 1 aliphatic rings. The van der Waals surface area contributed by atoms with Crippen LogP contribution in [0.15, 0.2) is 42.6 Å². The van der Waals surface area contributed by atoms with E-state index in [4.69, 9.17) is 4.74 Å². The molecule has 3 heterocycles. The van der Waals surface area contributed by atoms with E-state index >= 15 is 0 Å². The van der Waals surface area contributed by atoms with Crippen LogP contribution in [0.3, 0.4) is 0 Å². The normalized spacial score (nSPS) is 16.2. The highest BCUT2D eigenvalue weighted by Crippen LogP contribution is 2.31. The van der Waals surface area contributed by atoms with Crippen LogP contribution in [0.5, 0.6) is 5.75 Å². The van der Waals surface area contributed by atoms with Gasteiger partial charge in [0.25, 0.3) is 5.91 Å². The molecule has 0 saturated carbocycles. The zero-order valence-electron chi connectivity index (χ0n) is 12.4. The topological polar surface area (TPSA) is 55.6 Å². The van der Waals surface area contributed by atoms with E-state index in [1.54, 1.807) is 24.3 Å². The van der Waals surface area contributed by atoms with Crippen LogP contribution in [-0.4, -0.2) is 21.4 Å². The fourth-order valence-electron chi connectivity index (χ4n) is 2.80. The summed E-state index contributed by atoms with van der Waals surface area (Å²) in [4.78, 5) is 16.4. The van der Waals surface area contributed by atoms with Gasteiger partial charge in [0.2, 0.25) is 5.95 Å². The van der Waals surface area contributed by atoms with Gasteiger partial charge in [-0.3, -0.25) is 9.20 Å². The fourth-order valence-corrected chi connectivity index (χ4v) is 2.80. The number of halogens is 1. The molecule has 0 aliphatic carbocycles. The lowest BCUT2D eigenvalue weighted by atomic mass is 10.1. The molecule has 116 valence electrons. The highest BCUT2D eigenvalue weighted by atomic mass is 19.1. The molecule has 0 saturated heterocycles. The lowest BCUT2D eigenvalue weighted by Gasteiger charge is -2.05. The molecule has 1 aliphatic heterocycles. The van der Waals surface area contributed by atoms with Gasteiger partial charge >= 0.3 is 0 Å². The number of pyridine rings is 1. The minimum atomic E-state index is -0.670. The third kappa shape index (κ3) is 2.32. The van der Waals surface area contributed by atoms with Gasteiger partial charge in [-0.2, -0.15) is 4.39 Å². The number of carbonyl (C=O) groups excluding carboxylic acids is 1. The van der Waals surface area contributed by atoms with E-state index < -0.39 is 11.9 Å². The summed E-state index contributed by atoms with van der Waals surface area (Å²) in [5.41, 5.74) is 1.81. The number of nitrogens with zero attached hydrogens (tertiary/aromatic N) is 2. The molecule has 1 atom stereocenters. The van der Waals surface area contributed by atoms with Crippen molar-refractivity contribution in [1.82, 2.24) is 9.38 Å². The Bertz CT molecular complexity index is 919. The number of anilines is 1. The van der Waals surface area contributed by atoms with E-state index in [-0.39, 0.29) is 11.8 Å². The molecular formula is C17H14FN3O2. The molecule has 1 amide bonds. The smallest absolute Gasteiger partial charge is 0.279 e. The van der Waals surface area contributed by atoms with Crippen LogP contribution in [0.4, 0.5) is 10.1 Å². The first-order valence-electron chi connectivity index (χ1n) is 7.35. The number of benzene rings is 1. The van der Waals surface area contributed by atoms with E-state index in [0.717, 1.165) is 17.7 Å². The van der Waals surface area contributed by atoms with Crippen LogP contribution < -0.4 is 10.1 Å². The van der Waals surface area contributed by atoms with Gasteiger partial charge < -0.3 is 10.1 Å². The Balaban J connectivity index is 1.62. The average molecular weight is 311 g/mol. The number of hydrogen-bond donors (Lipinski definition) is 1. The Kier molecular flexibility index (Phi) is 3.04. The van der Waals surface area contributed by atoms with Gasteiger partial charge in [0.1, 0.15) is 17.5 Å². The molecule has 0 spiro atoms. The summed E-state index contributed by atoms with van der Waals surface area (Å²) in [5.74, 6) is -0.413. The maximum absolute atomic E-state index is 14.3. The second-order valence-electron chi connectivity index (χ2n) is 5.59. The van der Waals surface area contributed by atoms with Gasteiger partial charge in [-0.25, -0.2) is 4.98 Å². The minimum absolute atomic E-state index is 0.131. The first-order chi connectivity index (χ1) is 11.1. The van der Waals surface area contributed by atoms with Gasteiger partial charge in [0, 0.05) is 18.3 Å². The number of ether oxygens (including phenoxy) is 1. The highest BCUT2D eigenvalue weighted by molar-refractivity contribution is 6.03. The molecule has 6 heteroatoms. The molecule has 1 N–H and O–H groups in total. The van der Waals surface area contributed by atoms with Gasteiger partial charge in [-0.1, -0.05) is 6.07 Å². The largest absolute Gasteiger partial charge is 0.490 e. The van der Waals surface area contributed by atoms with Crippen molar-refractivity contribution in [2.45, 2.75) is 19.4 Å². The number of nitrogens with one attached hydrogen (secondary N) is 1. The summed E-state index contributed by atoms with van der Waals surface area (Å²) in [7, 11) is 0. The van der Waals surface area contributed by atoms with Crippen molar-refractivity contribution < 1.29 is 13.9 Å². The summed E-state index contributed by atoms with van der Waals surface area (Å²) < 4.78 is 21.1. The zero-order valence-corrected chi connectivity index (χ0v) is 12.4. The Morgan fingerprint density at radius 3 is 3.09 bits per heavy atom. The third-order valence-electron chi connectivity index (χ3n) is 3.84. The predicted octanol–water partition coefficient (Wildman–Crippen LogP) is 3.05.